The van der Waals surface area contributed by atoms with Gasteiger partial charge in [0.05, 0.1) is 0 Å². The van der Waals surface area contributed by atoms with Gasteiger partial charge in [0.25, 0.3) is 0 Å². The Morgan fingerprint density at radius 3 is 2.17 bits per heavy atom. The molecule has 0 aromatic heterocycles. The van der Waals surface area contributed by atoms with Crippen molar-refractivity contribution in [2.45, 2.75) is 44.2 Å². The van der Waals surface area contributed by atoms with Crippen molar-refractivity contribution in [3.05, 3.63) is 64.1 Å². The van der Waals surface area contributed by atoms with Crippen molar-refractivity contribution in [3.63, 3.8) is 0 Å². The number of nitrogens with one attached hydrogen (secondary N) is 1. The number of alkyl halides is 3. The quantitative estimate of drug-likeness (QED) is 0.306. The molecule has 4 nitrogen and oxygen atoms in total. The molecule has 2 aromatic carbocycles. The summed E-state index contributed by atoms with van der Waals surface area (Å²) in [6.07, 6.45) is -5.78. The highest BCUT2D eigenvalue weighted by Gasteiger charge is 2.27. The molecule has 0 aliphatic carbocycles. The Balaban J connectivity index is 2.08. The van der Waals surface area contributed by atoms with E-state index < -0.39 is 24.9 Å². The number of hydrogen-bond donors (Lipinski definition) is 3. The fourth-order valence-corrected chi connectivity index (χ4v) is 3.05. The summed E-state index contributed by atoms with van der Waals surface area (Å²) in [6, 6.07) is 14.1. The van der Waals surface area contributed by atoms with E-state index in [-0.39, 0.29) is 19.4 Å². The van der Waals surface area contributed by atoms with Gasteiger partial charge in [0, 0.05) is 17.5 Å². The van der Waals surface area contributed by atoms with Crippen molar-refractivity contribution in [1.82, 2.24) is 5.32 Å². The summed E-state index contributed by atoms with van der Waals surface area (Å²) < 4.78 is 44.5. The SMILES string of the molecule is OCCCNC(O)c1ccc(C(CCCC(F)(F)F)Oc2ccc(Br)cc2)cc1. The average Bonchev–Trinajstić information content (AvgIpc) is 2.68. The van der Waals surface area contributed by atoms with Gasteiger partial charge < -0.3 is 14.9 Å². The fourth-order valence-electron chi connectivity index (χ4n) is 2.79. The lowest BCUT2D eigenvalue weighted by Crippen LogP contribution is -2.22. The molecule has 0 radical (unpaired) electrons. The molecule has 2 unspecified atom stereocenters. The van der Waals surface area contributed by atoms with Crippen LogP contribution in [0.2, 0.25) is 0 Å². The Kier molecular flexibility index (Phi) is 9.42. The minimum atomic E-state index is -4.20. The first-order valence-corrected chi connectivity index (χ1v) is 10.2. The first-order valence-electron chi connectivity index (χ1n) is 9.39. The molecule has 0 spiro atoms. The normalized spacial score (nSPS) is 13.9. The van der Waals surface area contributed by atoms with Crippen molar-refractivity contribution in [1.29, 1.82) is 0 Å². The zero-order chi connectivity index (χ0) is 21.3. The van der Waals surface area contributed by atoms with Crippen LogP contribution in [0.1, 0.15) is 49.1 Å². The highest BCUT2D eigenvalue weighted by molar-refractivity contribution is 9.10. The summed E-state index contributed by atoms with van der Waals surface area (Å²) in [5.74, 6) is 0.569. The van der Waals surface area contributed by atoms with Gasteiger partial charge in [0.2, 0.25) is 0 Å². The molecular formula is C21H25BrF3NO3. The Bertz CT molecular complexity index is 723. The second-order valence-electron chi connectivity index (χ2n) is 6.67. The second-order valence-corrected chi connectivity index (χ2v) is 7.58. The summed E-state index contributed by atoms with van der Waals surface area (Å²) in [7, 11) is 0. The summed E-state index contributed by atoms with van der Waals surface area (Å²) in [5, 5.41) is 21.8. The van der Waals surface area contributed by atoms with Crippen LogP contribution in [0.15, 0.2) is 53.0 Å². The van der Waals surface area contributed by atoms with Gasteiger partial charge in [-0.05, 0) is 61.2 Å². The van der Waals surface area contributed by atoms with Gasteiger partial charge in [0.1, 0.15) is 18.1 Å². The molecular weight excluding hydrogens is 451 g/mol. The van der Waals surface area contributed by atoms with E-state index in [0.717, 1.165) is 10.0 Å². The highest BCUT2D eigenvalue weighted by atomic mass is 79.9. The largest absolute Gasteiger partial charge is 0.486 e. The Morgan fingerprint density at radius 2 is 1.59 bits per heavy atom. The number of aliphatic hydroxyl groups is 2. The third-order valence-electron chi connectivity index (χ3n) is 4.32. The first kappa shape index (κ1) is 23.7. The fraction of sp³-hybridized carbons (Fsp3) is 0.429. The summed E-state index contributed by atoms with van der Waals surface area (Å²) in [4.78, 5) is 0. The van der Waals surface area contributed by atoms with E-state index in [1.165, 1.54) is 0 Å². The molecule has 2 atom stereocenters. The molecule has 8 heteroatoms. The Hall–Kier alpha value is -1.61. The maximum atomic E-state index is 12.6. The lowest BCUT2D eigenvalue weighted by atomic mass is 10.0. The zero-order valence-electron chi connectivity index (χ0n) is 15.8. The van der Waals surface area contributed by atoms with E-state index in [1.807, 2.05) is 0 Å². The molecule has 160 valence electrons. The maximum Gasteiger partial charge on any atom is 0.389 e. The number of halogens is 4. The van der Waals surface area contributed by atoms with Gasteiger partial charge in [-0.15, -0.1) is 0 Å². The van der Waals surface area contributed by atoms with Crippen LogP contribution < -0.4 is 10.1 Å². The van der Waals surface area contributed by atoms with Crippen LogP contribution in [-0.4, -0.2) is 29.5 Å². The topological polar surface area (TPSA) is 61.7 Å². The minimum Gasteiger partial charge on any atom is -0.486 e. The Labute approximate surface area is 176 Å². The molecule has 0 saturated carbocycles. The second kappa shape index (κ2) is 11.5. The van der Waals surface area contributed by atoms with E-state index in [4.69, 9.17) is 9.84 Å². The molecule has 2 rings (SSSR count). The number of hydrogen-bond acceptors (Lipinski definition) is 4. The molecule has 29 heavy (non-hydrogen) atoms. The van der Waals surface area contributed by atoms with Crippen LogP contribution in [0, 0.1) is 0 Å². The average molecular weight is 476 g/mol. The molecule has 3 N–H and O–H groups in total. The number of aliphatic hydroxyl groups excluding tert-OH is 2. The highest BCUT2D eigenvalue weighted by Crippen LogP contribution is 2.31. The minimum absolute atomic E-state index is 0.0334. The van der Waals surface area contributed by atoms with Crippen molar-refractivity contribution in [2.75, 3.05) is 13.2 Å². The van der Waals surface area contributed by atoms with Gasteiger partial charge in [-0.3, -0.25) is 5.32 Å². The number of ether oxygens (including phenoxy) is 1. The van der Waals surface area contributed by atoms with Crippen molar-refractivity contribution >= 4 is 15.9 Å². The van der Waals surface area contributed by atoms with Crippen LogP contribution >= 0.6 is 15.9 Å². The first-order chi connectivity index (χ1) is 13.8. The van der Waals surface area contributed by atoms with Gasteiger partial charge in [-0.25, -0.2) is 0 Å². The lowest BCUT2D eigenvalue weighted by molar-refractivity contribution is -0.136. The Morgan fingerprint density at radius 1 is 0.966 bits per heavy atom. The van der Waals surface area contributed by atoms with E-state index in [2.05, 4.69) is 21.2 Å². The molecule has 0 bridgehead atoms. The molecule has 0 saturated heterocycles. The standard InChI is InChI=1S/C21H25BrF3NO3/c22-17-8-10-18(11-9-17)29-19(3-1-12-21(23,24)25)15-4-6-16(7-5-15)20(28)26-13-2-14-27/h4-11,19-20,26-28H,1-3,12-14H2. The van der Waals surface area contributed by atoms with E-state index in [1.54, 1.807) is 48.5 Å². The van der Waals surface area contributed by atoms with Gasteiger partial charge in [-0.2, -0.15) is 13.2 Å². The van der Waals surface area contributed by atoms with E-state index in [0.29, 0.717) is 24.3 Å². The third-order valence-corrected chi connectivity index (χ3v) is 4.84. The van der Waals surface area contributed by atoms with Crippen LogP contribution in [0.3, 0.4) is 0 Å². The smallest absolute Gasteiger partial charge is 0.389 e. The third kappa shape index (κ3) is 8.74. The van der Waals surface area contributed by atoms with Crippen LogP contribution in [-0.2, 0) is 0 Å². The summed E-state index contributed by atoms with van der Waals surface area (Å²) in [6.45, 7) is 0.498. The van der Waals surface area contributed by atoms with Crippen molar-refractivity contribution in [2.24, 2.45) is 0 Å². The van der Waals surface area contributed by atoms with Crippen LogP contribution in [0.25, 0.3) is 0 Å². The molecule has 0 amide bonds. The molecule has 0 aliphatic heterocycles. The molecule has 2 aromatic rings. The van der Waals surface area contributed by atoms with Crippen molar-refractivity contribution < 1.29 is 28.1 Å². The van der Waals surface area contributed by atoms with Gasteiger partial charge in [0.15, 0.2) is 0 Å². The predicted molar refractivity (Wildman–Crippen MR) is 109 cm³/mol. The zero-order valence-corrected chi connectivity index (χ0v) is 17.4. The molecule has 0 aliphatic rings. The number of benzene rings is 2. The summed E-state index contributed by atoms with van der Waals surface area (Å²) in [5.41, 5.74) is 1.37. The van der Waals surface area contributed by atoms with Gasteiger partial charge >= 0.3 is 6.18 Å². The van der Waals surface area contributed by atoms with E-state index in [9.17, 15) is 18.3 Å². The summed E-state index contributed by atoms with van der Waals surface area (Å²) >= 11 is 3.34. The van der Waals surface area contributed by atoms with Crippen LogP contribution in [0.5, 0.6) is 5.75 Å². The van der Waals surface area contributed by atoms with Crippen molar-refractivity contribution in [3.8, 4) is 5.75 Å². The number of rotatable bonds is 11. The van der Waals surface area contributed by atoms with Crippen LogP contribution in [0.4, 0.5) is 13.2 Å². The molecule has 0 heterocycles. The monoisotopic (exact) mass is 475 g/mol. The predicted octanol–water partition coefficient (Wildman–Crippen LogP) is 5.26. The van der Waals surface area contributed by atoms with E-state index >= 15 is 0 Å². The maximum absolute atomic E-state index is 12.6. The lowest BCUT2D eigenvalue weighted by Gasteiger charge is -2.21. The van der Waals surface area contributed by atoms with Gasteiger partial charge in [-0.1, -0.05) is 40.2 Å². The molecule has 0 fully saturated rings.